The van der Waals surface area contributed by atoms with Crippen LogP contribution in [0.2, 0.25) is 0 Å². The highest BCUT2D eigenvalue weighted by molar-refractivity contribution is 9.10. The van der Waals surface area contributed by atoms with Crippen molar-refractivity contribution in [2.75, 3.05) is 17.3 Å². The van der Waals surface area contributed by atoms with Crippen LogP contribution in [0.15, 0.2) is 22.7 Å². The standard InChI is InChI=1S/C13H19BrN2S/c1-17-11-4-2-3-10(8-11)16-13-6-5-9(15)7-12(13)14/h5-7,10-11,16H,2-4,8,15H2,1H3. The van der Waals surface area contributed by atoms with Gasteiger partial charge in [0.15, 0.2) is 0 Å². The minimum atomic E-state index is 0.598. The first-order valence-electron chi connectivity index (χ1n) is 6.03. The van der Waals surface area contributed by atoms with Gasteiger partial charge in [0.2, 0.25) is 0 Å². The van der Waals surface area contributed by atoms with E-state index in [4.69, 9.17) is 5.73 Å². The van der Waals surface area contributed by atoms with Crippen molar-refractivity contribution < 1.29 is 0 Å². The Kier molecular flexibility index (Phi) is 4.62. The first kappa shape index (κ1) is 13.1. The predicted molar refractivity (Wildman–Crippen MR) is 81.7 cm³/mol. The van der Waals surface area contributed by atoms with E-state index >= 15 is 0 Å². The van der Waals surface area contributed by atoms with Crippen molar-refractivity contribution in [2.24, 2.45) is 0 Å². The molecule has 0 bridgehead atoms. The van der Waals surface area contributed by atoms with Gasteiger partial charge in [0.1, 0.15) is 0 Å². The fourth-order valence-corrected chi connectivity index (χ4v) is 3.70. The molecule has 0 amide bonds. The van der Waals surface area contributed by atoms with Crippen molar-refractivity contribution in [1.29, 1.82) is 0 Å². The molecule has 2 rings (SSSR count). The normalized spacial score (nSPS) is 24.6. The summed E-state index contributed by atoms with van der Waals surface area (Å²) in [7, 11) is 0. The van der Waals surface area contributed by atoms with Crippen molar-refractivity contribution >= 4 is 39.1 Å². The van der Waals surface area contributed by atoms with Crippen LogP contribution in [0.3, 0.4) is 0 Å². The zero-order chi connectivity index (χ0) is 12.3. The molecule has 0 radical (unpaired) electrons. The maximum atomic E-state index is 5.74. The number of rotatable bonds is 3. The average Bonchev–Trinajstić information content (AvgIpc) is 2.33. The van der Waals surface area contributed by atoms with Gasteiger partial charge in [-0.05, 0) is 59.6 Å². The van der Waals surface area contributed by atoms with Gasteiger partial charge >= 0.3 is 0 Å². The van der Waals surface area contributed by atoms with Crippen LogP contribution in [0.5, 0.6) is 0 Å². The SMILES string of the molecule is CSC1CCCC(Nc2ccc(N)cc2Br)C1. The van der Waals surface area contributed by atoms with E-state index in [1.165, 1.54) is 25.7 Å². The smallest absolute Gasteiger partial charge is 0.0488 e. The van der Waals surface area contributed by atoms with Crippen LogP contribution in [0.1, 0.15) is 25.7 Å². The molecule has 2 unspecified atom stereocenters. The number of thioether (sulfide) groups is 1. The summed E-state index contributed by atoms with van der Waals surface area (Å²) in [6.07, 6.45) is 7.44. The molecular weight excluding hydrogens is 296 g/mol. The van der Waals surface area contributed by atoms with Crippen molar-refractivity contribution in [3.63, 3.8) is 0 Å². The van der Waals surface area contributed by atoms with Gasteiger partial charge in [0, 0.05) is 27.1 Å². The van der Waals surface area contributed by atoms with E-state index < -0.39 is 0 Å². The molecule has 1 aromatic rings. The summed E-state index contributed by atoms with van der Waals surface area (Å²) in [4.78, 5) is 0. The first-order valence-corrected chi connectivity index (χ1v) is 8.11. The maximum absolute atomic E-state index is 5.74. The van der Waals surface area contributed by atoms with Crippen LogP contribution in [0.25, 0.3) is 0 Å². The molecule has 2 nitrogen and oxygen atoms in total. The molecule has 1 aliphatic rings. The lowest BCUT2D eigenvalue weighted by molar-refractivity contribution is 0.473. The van der Waals surface area contributed by atoms with Gasteiger partial charge in [-0.15, -0.1) is 0 Å². The number of halogens is 1. The highest BCUT2D eigenvalue weighted by Gasteiger charge is 2.21. The molecular formula is C13H19BrN2S. The fourth-order valence-electron chi connectivity index (χ4n) is 2.36. The molecule has 1 fully saturated rings. The van der Waals surface area contributed by atoms with Gasteiger partial charge in [-0.3, -0.25) is 0 Å². The highest BCUT2D eigenvalue weighted by Crippen LogP contribution is 2.31. The van der Waals surface area contributed by atoms with Crippen molar-refractivity contribution in [3.8, 4) is 0 Å². The zero-order valence-electron chi connectivity index (χ0n) is 10.1. The first-order chi connectivity index (χ1) is 8.19. The minimum absolute atomic E-state index is 0.598. The molecule has 1 aliphatic carbocycles. The molecule has 17 heavy (non-hydrogen) atoms. The second-order valence-corrected chi connectivity index (χ2v) is 6.60. The molecule has 0 aliphatic heterocycles. The highest BCUT2D eigenvalue weighted by atomic mass is 79.9. The Morgan fingerprint density at radius 3 is 2.94 bits per heavy atom. The third kappa shape index (κ3) is 3.55. The lowest BCUT2D eigenvalue weighted by atomic mass is 9.95. The Balaban J connectivity index is 2.00. The second kappa shape index (κ2) is 6.01. The largest absolute Gasteiger partial charge is 0.399 e. The summed E-state index contributed by atoms with van der Waals surface area (Å²) in [5.74, 6) is 0. The molecule has 0 saturated heterocycles. The molecule has 1 aromatic carbocycles. The fraction of sp³-hybridized carbons (Fsp3) is 0.538. The van der Waals surface area contributed by atoms with Crippen LogP contribution < -0.4 is 11.1 Å². The van der Waals surface area contributed by atoms with Gasteiger partial charge in [-0.2, -0.15) is 11.8 Å². The Hall–Kier alpha value is -0.350. The third-order valence-corrected chi connectivity index (χ3v) is 5.06. The van der Waals surface area contributed by atoms with Crippen molar-refractivity contribution in [1.82, 2.24) is 0 Å². The monoisotopic (exact) mass is 314 g/mol. The van der Waals surface area contributed by atoms with Gasteiger partial charge in [0.05, 0.1) is 0 Å². The summed E-state index contributed by atoms with van der Waals surface area (Å²) in [6.45, 7) is 0. The Labute approximate surface area is 116 Å². The Morgan fingerprint density at radius 2 is 2.24 bits per heavy atom. The van der Waals surface area contributed by atoms with E-state index in [0.29, 0.717) is 6.04 Å². The number of hydrogen-bond donors (Lipinski definition) is 2. The summed E-state index contributed by atoms with van der Waals surface area (Å²) in [6, 6.07) is 6.56. The third-order valence-electron chi connectivity index (χ3n) is 3.31. The minimum Gasteiger partial charge on any atom is -0.399 e. The number of anilines is 2. The quantitative estimate of drug-likeness (QED) is 0.824. The van der Waals surface area contributed by atoms with E-state index in [1.54, 1.807) is 0 Å². The Morgan fingerprint density at radius 1 is 1.41 bits per heavy atom. The number of nitrogen functional groups attached to an aromatic ring is 1. The summed E-state index contributed by atoms with van der Waals surface area (Å²) >= 11 is 5.55. The summed E-state index contributed by atoms with van der Waals surface area (Å²) in [5.41, 5.74) is 7.70. The molecule has 0 spiro atoms. The van der Waals surface area contributed by atoms with Crippen LogP contribution in [-0.4, -0.2) is 17.5 Å². The Bertz CT molecular complexity index is 384. The van der Waals surface area contributed by atoms with E-state index in [-0.39, 0.29) is 0 Å². The van der Waals surface area contributed by atoms with E-state index in [9.17, 15) is 0 Å². The van der Waals surface area contributed by atoms with Crippen LogP contribution >= 0.6 is 27.7 Å². The van der Waals surface area contributed by atoms with Gasteiger partial charge in [0.25, 0.3) is 0 Å². The molecule has 3 N–H and O–H groups in total. The number of nitrogens with two attached hydrogens (primary N) is 1. The molecule has 0 heterocycles. The van der Waals surface area contributed by atoms with Crippen LogP contribution in [0, 0.1) is 0 Å². The topological polar surface area (TPSA) is 38.0 Å². The molecule has 1 saturated carbocycles. The lowest BCUT2D eigenvalue weighted by Gasteiger charge is -2.29. The van der Waals surface area contributed by atoms with Crippen LogP contribution in [0.4, 0.5) is 11.4 Å². The van der Waals surface area contributed by atoms with Crippen molar-refractivity contribution in [3.05, 3.63) is 22.7 Å². The number of benzene rings is 1. The van der Waals surface area contributed by atoms with Gasteiger partial charge in [-0.1, -0.05) is 6.42 Å². The predicted octanol–water partition coefficient (Wildman–Crippen LogP) is 4.12. The lowest BCUT2D eigenvalue weighted by Crippen LogP contribution is -2.28. The summed E-state index contributed by atoms with van der Waals surface area (Å²) < 4.78 is 1.06. The van der Waals surface area contributed by atoms with Crippen molar-refractivity contribution in [2.45, 2.75) is 37.0 Å². The van der Waals surface area contributed by atoms with E-state index in [0.717, 1.165) is 21.1 Å². The molecule has 94 valence electrons. The van der Waals surface area contributed by atoms with Gasteiger partial charge in [-0.25, -0.2) is 0 Å². The second-order valence-electron chi connectivity index (χ2n) is 4.60. The number of hydrogen-bond acceptors (Lipinski definition) is 3. The van der Waals surface area contributed by atoms with E-state index in [2.05, 4.69) is 33.6 Å². The molecule has 4 heteroatoms. The number of nitrogens with one attached hydrogen (secondary N) is 1. The zero-order valence-corrected chi connectivity index (χ0v) is 12.5. The average molecular weight is 315 g/mol. The van der Waals surface area contributed by atoms with Gasteiger partial charge < -0.3 is 11.1 Å². The maximum Gasteiger partial charge on any atom is 0.0488 e. The van der Waals surface area contributed by atoms with E-state index in [1.807, 2.05) is 23.9 Å². The molecule has 0 aromatic heterocycles. The van der Waals surface area contributed by atoms with Crippen LogP contribution in [-0.2, 0) is 0 Å². The summed E-state index contributed by atoms with van der Waals surface area (Å²) in [5, 5.41) is 4.44. The molecule has 2 atom stereocenters.